The highest BCUT2D eigenvalue weighted by Gasteiger charge is 2.39. The van der Waals surface area contributed by atoms with Crippen molar-refractivity contribution in [3.63, 3.8) is 0 Å². The minimum Gasteiger partial charge on any atom is -0.468 e. The number of nitrogens with zero attached hydrogens (tertiary/aromatic N) is 2. The first kappa shape index (κ1) is 27.7. The molecule has 0 radical (unpaired) electrons. The normalized spacial score (nSPS) is 23.4. The van der Waals surface area contributed by atoms with Crippen LogP contribution >= 0.6 is 0 Å². The molecule has 38 heavy (non-hydrogen) atoms. The zero-order chi connectivity index (χ0) is 27.8. The summed E-state index contributed by atoms with van der Waals surface area (Å²) in [5.41, 5.74) is -2.08. The van der Waals surface area contributed by atoms with E-state index >= 15 is 0 Å². The summed E-state index contributed by atoms with van der Waals surface area (Å²) in [7, 11) is 1.50. The first-order valence-electron chi connectivity index (χ1n) is 12.0. The molecule has 0 aromatic heterocycles. The lowest BCUT2D eigenvalue weighted by Crippen LogP contribution is -2.36. The number of urea groups is 1. The highest BCUT2D eigenvalue weighted by atomic mass is 19.4. The van der Waals surface area contributed by atoms with Gasteiger partial charge in [-0.25, -0.2) is 4.79 Å². The topological polar surface area (TPSA) is 59.1 Å². The van der Waals surface area contributed by atoms with Gasteiger partial charge in [0.05, 0.1) is 30.0 Å². The fraction of sp³-hybridized carbons (Fsp3) is 0.462. The molecular formula is C26H26F6N2O4. The van der Waals surface area contributed by atoms with E-state index in [0.717, 1.165) is 17.7 Å². The Hall–Kier alpha value is -3.28. The molecule has 0 N–H and O–H groups in total. The monoisotopic (exact) mass is 544 g/mol. The van der Waals surface area contributed by atoms with E-state index in [1.165, 1.54) is 25.1 Å². The number of hydrogen-bond acceptors (Lipinski definition) is 4. The van der Waals surface area contributed by atoms with E-state index in [1.807, 2.05) is 12.2 Å². The number of carbonyl (C=O) groups is 2. The second-order valence-corrected chi connectivity index (χ2v) is 9.45. The standard InChI is InChI=1S/C26H26F6N2O4/c1-15(18-10-19(25(27,28)29)12-20(11-18)26(30,31)32)38-23-22(16-6-4-3-5-7-16)17(8-9-37-23)13-34-21(35)14-33(2)24(34)36/h4,6,8-12,15-16,23H,3,5,7,13-14H2,1-2H3/t15-,16?,23-/m1/s1. The van der Waals surface area contributed by atoms with Gasteiger partial charge in [-0.05, 0) is 61.6 Å². The van der Waals surface area contributed by atoms with Gasteiger partial charge in [0.25, 0.3) is 5.91 Å². The molecule has 6 nitrogen and oxygen atoms in total. The van der Waals surface area contributed by atoms with Crippen LogP contribution in [0.1, 0.15) is 49.0 Å². The van der Waals surface area contributed by atoms with Crippen LogP contribution in [0.5, 0.6) is 0 Å². The summed E-state index contributed by atoms with van der Waals surface area (Å²) in [5, 5.41) is 0. The van der Waals surface area contributed by atoms with E-state index < -0.39 is 47.8 Å². The van der Waals surface area contributed by atoms with E-state index in [4.69, 9.17) is 9.47 Å². The molecule has 1 aromatic carbocycles. The van der Waals surface area contributed by atoms with Gasteiger partial charge in [0.1, 0.15) is 6.54 Å². The van der Waals surface area contributed by atoms with E-state index in [1.54, 1.807) is 6.08 Å². The molecule has 1 aliphatic carbocycles. The number of ether oxygens (including phenoxy) is 2. The highest BCUT2D eigenvalue weighted by Crippen LogP contribution is 2.40. The fourth-order valence-electron chi connectivity index (χ4n) is 4.72. The lowest BCUT2D eigenvalue weighted by atomic mass is 9.85. The summed E-state index contributed by atoms with van der Waals surface area (Å²) < 4.78 is 91.9. The zero-order valence-corrected chi connectivity index (χ0v) is 20.6. The van der Waals surface area contributed by atoms with Crippen molar-refractivity contribution in [3.8, 4) is 0 Å². The number of halogens is 6. The molecule has 2 aliphatic heterocycles. The van der Waals surface area contributed by atoms with Crippen LogP contribution in [0.4, 0.5) is 31.1 Å². The molecule has 1 fully saturated rings. The Kier molecular flexibility index (Phi) is 7.64. The van der Waals surface area contributed by atoms with Crippen molar-refractivity contribution in [2.24, 2.45) is 5.92 Å². The maximum atomic E-state index is 13.4. The minimum atomic E-state index is -4.99. The Bertz CT molecular complexity index is 1150. The van der Waals surface area contributed by atoms with Gasteiger partial charge in [0.15, 0.2) is 0 Å². The first-order chi connectivity index (χ1) is 17.8. The third-order valence-electron chi connectivity index (χ3n) is 6.72. The molecule has 206 valence electrons. The molecule has 1 saturated heterocycles. The van der Waals surface area contributed by atoms with Gasteiger partial charge in [-0.2, -0.15) is 26.3 Å². The average Bonchev–Trinajstić information content (AvgIpc) is 3.09. The van der Waals surface area contributed by atoms with Crippen LogP contribution in [-0.2, 0) is 26.6 Å². The molecule has 1 unspecified atom stereocenters. The Morgan fingerprint density at radius 1 is 1.08 bits per heavy atom. The lowest BCUT2D eigenvalue weighted by molar-refractivity contribution is -0.144. The molecule has 4 rings (SSSR count). The average molecular weight is 544 g/mol. The lowest BCUT2D eigenvalue weighted by Gasteiger charge is -2.34. The van der Waals surface area contributed by atoms with Crippen LogP contribution in [0.2, 0.25) is 0 Å². The van der Waals surface area contributed by atoms with Crippen molar-refractivity contribution in [3.05, 3.63) is 70.5 Å². The predicted molar refractivity (Wildman–Crippen MR) is 123 cm³/mol. The SMILES string of the molecule is C[C@@H](O[C@H]1OC=CC(CN2C(=O)CN(C)C2=O)=C1C1C=CCCC1)c1cc(C(F)(F)F)cc(C(F)(F)F)c1. The Morgan fingerprint density at radius 2 is 1.74 bits per heavy atom. The molecule has 1 aromatic rings. The number of imide groups is 1. The summed E-state index contributed by atoms with van der Waals surface area (Å²) in [6.07, 6.45) is -3.25. The fourth-order valence-corrected chi connectivity index (χ4v) is 4.72. The first-order valence-corrected chi connectivity index (χ1v) is 12.0. The van der Waals surface area contributed by atoms with E-state index in [-0.39, 0.29) is 30.6 Å². The molecule has 3 atom stereocenters. The maximum Gasteiger partial charge on any atom is 0.416 e. The number of allylic oxidation sites excluding steroid dienone is 2. The number of rotatable bonds is 6. The largest absolute Gasteiger partial charge is 0.468 e. The van der Waals surface area contributed by atoms with Crippen LogP contribution in [0, 0.1) is 5.92 Å². The van der Waals surface area contributed by atoms with Crippen LogP contribution in [-0.4, -0.2) is 48.2 Å². The van der Waals surface area contributed by atoms with Gasteiger partial charge in [-0.15, -0.1) is 0 Å². The van der Waals surface area contributed by atoms with E-state index in [9.17, 15) is 35.9 Å². The molecule has 0 bridgehead atoms. The predicted octanol–water partition coefficient (Wildman–Crippen LogP) is 6.22. The van der Waals surface area contributed by atoms with Gasteiger partial charge in [-0.3, -0.25) is 9.69 Å². The summed E-state index contributed by atoms with van der Waals surface area (Å²) in [6, 6.07) is 0.838. The molecular weight excluding hydrogens is 518 g/mol. The Labute approximate surface area is 215 Å². The Morgan fingerprint density at radius 3 is 2.26 bits per heavy atom. The van der Waals surface area contributed by atoms with Crippen LogP contribution in [0.15, 0.2) is 53.8 Å². The third kappa shape index (κ3) is 5.90. The number of likely N-dealkylation sites (N-methyl/N-ethyl adjacent to an activating group) is 1. The van der Waals surface area contributed by atoms with E-state index in [2.05, 4.69) is 0 Å². The zero-order valence-electron chi connectivity index (χ0n) is 20.6. The molecule has 3 aliphatic rings. The second-order valence-electron chi connectivity index (χ2n) is 9.45. The van der Waals surface area contributed by atoms with Gasteiger partial charge in [-0.1, -0.05) is 12.2 Å². The minimum absolute atomic E-state index is 0.0629. The Balaban J connectivity index is 1.68. The third-order valence-corrected chi connectivity index (χ3v) is 6.72. The number of alkyl halides is 6. The highest BCUT2D eigenvalue weighted by molar-refractivity contribution is 6.02. The molecule has 2 heterocycles. The van der Waals surface area contributed by atoms with Crippen molar-refractivity contribution in [2.45, 2.75) is 50.9 Å². The quantitative estimate of drug-likeness (QED) is 0.243. The maximum absolute atomic E-state index is 13.4. The van der Waals surface area contributed by atoms with Crippen molar-refractivity contribution >= 4 is 11.9 Å². The molecule has 12 heteroatoms. The van der Waals surface area contributed by atoms with Crippen molar-refractivity contribution in [1.29, 1.82) is 0 Å². The summed E-state index contributed by atoms with van der Waals surface area (Å²) in [6.45, 7) is 1.20. The smallest absolute Gasteiger partial charge is 0.416 e. The summed E-state index contributed by atoms with van der Waals surface area (Å²) >= 11 is 0. The van der Waals surface area contributed by atoms with Crippen LogP contribution in [0.3, 0.4) is 0 Å². The summed E-state index contributed by atoms with van der Waals surface area (Å²) in [5.74, 6) is -0.614. The molecule has 0 saturated carbocycles. The molecule has 3 amide bonds. The summed E-state index contributed by atoms with van der Waals surface area (Å²) in [4.78, 5) is 27.2. The number of hydrogen-bond donors (Lipinski definition) is 0. The molecule has 0 spiro atoms. The van der Waals surface area contributed by atoms with Crippen molar-refractivity contribution < 1.29 is 45.4 Å². The number of carbonyl (C=O) groups excluding carboxylic acids is 2. The van der Waals surface area contributed by atoms with Crippen molar-refractivity contribution in [1.82, 2.24) is 9.80 Å². The van der Waals surface area contributed by atoms with Crippen LogP contribution in [0.25, 0.3) is 0 Å². The van der Waals surface area contributed by atoms with E-state index in [0.29, 0.717) is 29.7 Å². The number of amides is 3. The van der Waals surface area contributed by atoms with Gasteiger partial charge in [0.2, 0.25) is 6.29 Å². The van der Waals surface area contributed by atoms with Gasteiger partial charge < -0.3 is 14.4 Å². The van der Waals surface area contributed by atoms with Gasteiger partial charge in [0, 0.05) is 18.5 Å². The van der Waals surface area contributed by atoms with Crippen molar-refractivity contribution in [2.75, 3.05) is 20.1 Å². The van der Waals surface area contributed by atoms with Crippen LogP contribution < -0.4 is 0 Å². The number of benzene rings is 1. The van der Waals surface area contributed by atoms with Gasteiger partial charge >= 0.3 is 18.4 Å². The second kappa shape index (κ2) is 10.5.